The van der Waals surface area contributed by atoms with E-state index in [1.54, 1.807) is 19.1 Å². The van der Waals surface area contributed by atoms with Crippen LogP contribution in [0.1, 0.15) is 18.1 Å². The lowest BCUT2D eigenvalue weighted by Gasteiger charge is -2.08. The topological polar surface area (TPSA) is 96.4 Å². The number of hydrogen-bond donors (Lipinski definition) is 1. The zero-order valence-corrected chi connectivity index (χ0v) is 14.9. The first kappa shape index (κ1) is 17.7. The third-order valence-corrected chi connectivity index (χ3v) is 3.88. The van der Waals surface area contributed by atoms with Crippen LogP contribution in [0.15, 0.2) is 36.4 Å². The number of benzene rings is 2. The minimum Gasteiger partial charge on any atom is -0.500 e. The number of halogens is 1. The zero-order chi connectivity index (χ0) is 17.7. The Hall–Kier alpha value is -2.60. The predicted octanol–water partition coefficient (Wildman–Crippen LogP) is 4.37. The van der Waals surface area contributed by atoms with E-state index in [-0.39, 0.29) is 12.4 Å². The van der Waals surface area contributed by atoms with Gasteiger partial charge in [0.2, 0.25) is 5.75 Å². The van der Waals surface area contributed by atoms with Crippen LogP contribution in [0.3, 0.4) is 0 Å². The van der Waals surface area contributed by atoms with Crippen LogP contribution in [0, 0.1) is 25.0 Å². The normalized spacial score (nSPS) is 11.0. The molecule has 0 saturated heterocycles. The summed E-state index contributed by atoms with van der Waals surface area (Å²) in [5.41, 5.74) is 0.991. The number of nitro groups is 1. The third-order valence-electron chi connectivity index (χ3n) is 3.16. The summed E-state index contributed by atoms with van der Waals surface area (Å²) in [6, 6.07) is 12.1. The number of hydrogen-bond acceptors (Lipinski definition) is 5. The molecule has 122 valence electrons. The monoisotopic (exact) mass is 436 g/mol. The van der Waals surface area contributed by atoms with Crippen molar-refractivity contribution in [2.75, 3.05) is 6.61 Å². The second-order valence-electron chi connectivity index (χ2n) is 4.75. The maximum absolute atomic E-state index is 11.1. The van der Waals surface area contributed by atoms with Crippen molar-refractivity contribution in [2.45, 2.75) is 6.92 Å². The SMILES string of the molecule is CCOc1cc(/C=C(/C#N)c2ccc(I)cc2)cc([N+](=O)[O-])c1O. The Morgan fingerprint density at radius 3 is 2.62 bits per heavy atom. The Bertz CT molecular complexity index is 839. The number of nitriles is 1. The molecule has 0 unspecified atom stereocenters. The van der Waals surface area contributed by atoms with Gasteiger partial charge in [0.1, 0.15) is 0 Å². The van der Waals surface area contributed by atoms with Gasteiger partial charge in [-0.15, -0.1) is 0 Å². The van der Waals surface area contributed by atoms with Gasteiger partial charge in [0.25, 0.3) is 0 Å². The van der Waals surface area contributed by atoms with E-state index >= 15 is 0 Å². The Morgan fingerprint density at radius 2 is 2.08 bits per heavy atom. The molecule has 0 saturated carbocycles. The Morgan fingerprint density at radius 1 is 1.42 bits per heavy atom. The fraction of sp³-hybridized carbons (Fsp3) is 0.118. The van der Waals surface area contributed by atoms with E-state index in [9.17, 15) is 20.5 Å². The van der Waals surface area contributed by atoms with Crippen molar-refractivity contribution in [2.24, 2.45) is 0 Å². The van der Waals surface area contributed by atoms with E-state index < -0.39 is 16.4 Å². The molecule has 2 rings (SSSR count). The second-order valence-corrected chi connectivity index (χ2v) is 6.00. The molecule has 0 radical (unpaired) electrons. The lowest BCUT2D eigenvalue weighted by Crippen LogP contribution is -1.96. The maximum Gasteiger partial charge on any atom is 0.315 e. The summed E-state index contributed by atoms with van der Waals surface area (Å²) in [5, 5.41) is 30.4. The van der Waals surface area contributed by atoms with Crippen molar-refractivity contribution >= 4 is 39.9 Å². The van der Waals surface area contributed by atoms with Gasteiger partial charge in [0, 0.05) is 9.64 Å². The smallest absolute Gasteiger partial charge is 0.315 e. The summed E-state index contributed by atoms with van der Waals surface area (Å²) in [7, 11) is 0. The zero-order valence-electron chi connectivity index (χ0n) is 12.7. The lowest BCUT2D eigenvalue weighted by molar-refractivity contribution is -0.386. The molecule has 0 spiro atoms. The van der Waals surface area contributed by atoms with E-state index in [0.717, 1.165) is 3.57 Å². The van der Waals surface area contributed by atoms with Gasteiger partial charge in [-0.05, 0) is 64.9 Å². The first-order valence-electron chi connectivity index (χ1n) is 6.98. The predicted molar refractivity (Wildman–Crippen MR) is 98.6 cm³/mol. The molecule has 0 bridgehead atoms. The van der Waals surface area contributed by atoms with E-state index in [1.165, 1.54) is 18.2 Å². The molecule has 0 aromatic heterocycles. The highest BCUT2D eigenvalue weighted by Gasteiger charge is 2.20. The molecule has 2 aromatic rings. The maximum atomic E-state index is 11.1. The Kier molecular flexibility index (Phi) is 5.76. The molecular formula is C17H13IN2O4. The van der Waals surface area contributed by atoms with Crippen molar-refractivity contribution < 1.29 is 14.8 Å². The number of phenolic OH excluding ortho intramolecular Hbond substituents is 1. The van der Waals surface area contributed by atoms with Gasteiger partial charge < -0.3 is 9.84 Å². The van der Waals surface area contributed by atoms with Crippen molar-refractivity contribution in [3.8, 4) is 17.6 Å². The minimum atomic E-state index is -0.688. The Balaban J connectivity index is 2.55. The van der Waals surface area contributed by atoms with Crippen LogP contribution in [0.25, 0.3) is 11.6 Å². The van der Waals surface area contributed by atoms with Crippen LogP contribution >= 0.6 is 22.6 Å². The molecule has 0 amide bonds. The van der Waals surface area contributed by atoms with Gasteiger partial charge >= 0.3 is 5.69 Å². The quantitative estimate of drug-likeness (QED) is 0.247. The van der Waals surface area contributed by atoms with Crippen molar-refractivity contribution in [1.29, 1.82) is 5.26 Å². The van der Waals surface area contributed by atoms with Crippen LogP contribution in [0.2, 0.25) is 0 Å². The van der Waals surface area contributed by atoms with Crippen molar-refractivity contribution in [3.05, 3.63) is 61.2 Å². The highest BCUT2D eigenvalue weighted by atomic mass is 127. The average molecular weight is 436 g/mol. The summed E-state index contributed by atoms with van der Waals surface area (Å²) in [6.07, 6.45) is 1.52. The molecule has 6 nitrogen and oxygen atoms in total. The third kappa shape index (κ3) is 4.02. The molecule has 0 aliphatic carbocycles. The highest BCUT2D eigenvalue weighted by Crippen LogP contribution is 2.38. The molecule has 2 aromatic carbocycles. The molecule has 0 fully saturated rings. The van der Waals surface area contributed by atoms with Crippen molar-refractivity contribution in [1.82, 2.24) is 0 Å². The van der Waals surface area contributed by atoms with Crippen LogP contribution in [0.4, 0.5) is 5.69 Å². The Labute approximate surface area is 152 Å². The first-order valence-corrected chi connectivity index (χ1v) is 8.06. The van der Waals surface area contributed by atoms with E-state index in [1.807, 2.05) is 12.1 Å². The van der Waals surface area contributed by atoms with E-state index in [0.29, 0.717) is 16.7 Å². The summed E-state index contributed by atoms with van der Waals surface area (Å²) >= 11 is 2.16. The van der Waals surface area contributed by atoms with Gasteiger partial charge in [0.05, 0.1) is 23.2 Å². The fourth-order valence-corrected chi connectivity index (χ4v) is 2.44. The molecule has 7 heteroatoms. The van der Waals surface area contributed by atoms with E-state index in [4.69, 9.17) is 4.74 Å². The number of aromatic hydroxyl groups is 1. The summed E-state index contributed by atoms with van der Waals surface area (Å²) in [5.74, 6) is -0.510. The summed E-state index contributed by atoms with van der Waals surface area (Å²) in [4.78, 5) is 10.4. The lowest BCUT2D eigenvalue weighted by atomic mass is 10.0. The largest absolute Gasteiger partial charge is 0.500 e. The van der Waals surface area contributed by atoms with Gasteiger partial charge in [-0.3, -0.25) is 10.1 Å². The first-order chi connectivity index (χ1) is 11.5. The molecule has 0 heterocycles. The number of allylic oxidation sites excluding steroid dienone is 1. The molecule has 1 N–H and O–H groups in total. The van der Waals surface area contributed by atoms with Gasteiger partial charge in [-0.25, -0.2) is 0 Å². The molecule has 24 heavy (non-hydrogen) atoms. The van der Waals surface area contributed by atoms with Crippen molar-refractivity contribution in [3.63, 3.8) is 0 Å². The number of nitro benzene ring substituents is 1. The van der Waals surface area contributed by atoms with Crippen LogP contribution < -0.4 is 4.74 Å². The minimum absolute atomic E-state index is 0.0119. The molecule has 0 aliphatic rings. The number of nitrogens with zero attached hydrogens (tertiary/aromatic N) is 2. The van der Waals surface area contributed by atoms with Crippen LogP contribution in [0.5, 0.6) is 11.5 Å². The van der Waals surface area contributed by atoms with Gasteiger partial charge in [0.15, 0.2) is 5.75 Å². The summed E-state index contributed by atoms with van der Waals surface area (Å²) < 4.78 is 6.27. The molecule has 0 aliphatic heterocycles. The number of phenols is 1. The fourth-order valence-electron chi connectivity index (χ4n) is 2.08. The second kappa shape index (κ2) is 7.79. The number of rotatable bonds is 5. The molecule has 0 atom stereocenters. The van der Waals surface area contributed by atoms with Gasteiger partial charge in [-0.2, -0.15) is 5.26 Å². The van der Waals surface area contributed by atoms with Crippen LogP contribution in [-0.2, 0) is 0 Å². The highest BCUT2D eigenvalue weighted by molar-refractivity contribution is 14.1. The van der Waals surface area contributed by atoms with Gasteiger partial charge in [-0.1, -0.05) is 12.1 Å². The van der Waals surface area contributed by atoms with Crippen LogP contribution in [-0.4, -0.2) is 16.6 Å². The standard InChI is InChI=1S/C17H13IN2O4/c1-2-24-16-9-11(8-15(17(16)21)20(22)23)7-13(10-19)12-3-5-14(18)6-4-12/h3-9,21H,2H2,1H3/b13-7-. The average Bonchev–Trinajstić information content (AvgIpc) is 2.56. The number of ether oxygens (including phenoxy) is 1. The van der Waals surface area contributed by atoms with E-state index in [2.05, 4.69) is 28.7 Å². The molecular weight excluding hydrogens is 423 g/mol. The summed E-state index contributed by atoms with van der Waals surface area (Å²) in [6.45, 7) is 1.96.